The van der Waals surface area contributed by atoms with E-state index in [-0.39, 0.29) is 0 Å². The minimum absolute atomic E-state index is 0.568. The summed E-state index contributed by atoms with van der Waals surface area (Å²) in [5.74, 6) is 0. The molecule has 0 aromatic heterocycles. The Morgan fingerprint density at radius 1 is 1.60 bits per heavy atom. The van der Waals surface area contributed by atoms with Crippen LogP contribution in [0.4, 0.5) is 0 Å². The Morgan fingerprint density at radius 2 is 2.60 bits per heavy atom. The van der Waals surface area contributed by atoms with E-state index in [0.29, 0.717) is 6.04 Å². The summed E-state index contributed by atoms with van der Waals surface area (Å²) in [6.45, 7) is 3.82. The molecule has 1 unspecified atom stereocenters. The van der Waals surface area contributed by atoms with Crippen molar-refractivity contribution in [3.05, 3.63) is 12.4 Å². The maximum Gasteiger partial charge on any atom is 0.0691 e. The van der Waals surface area contributed by atoms with E-state index in [1.165, 1.54) is 0 Å². The standard InChI is InChI=1S/C7H12N2O/c1-2-9-3-4-10-6-7(9)5-8-1/h1-2,7-8H,3-6H2. The van der Waals surface area contributed by atoms with Gasteiger partial charge in [0.15, 0.2) is 0 Å². The molecule has 0 aromatic rings. The Hall–Kier alpha value is -0.700. The first-order chi connectivity index (χ1) is 4.97. The van der Waals surface area contributed by atoms with Crippen LogP contribution in [-0.2, 0) is 4.74 Å². The molecular weight excluding hydrogens is 128 g/mol. The van der Waals surface area contributed by atoms with Crippen LogP contribution in [0.25, 0.3) is 0 Å². The molecule has 1 fully saturated rings. The van der Waals surface area contributed by atoms with E-state index in [0.717, 1.165) is 26.3 Å². The third kappa shape index (κ3) is 0.968. The number of fused-ring (bicyclic) bond motifs is 1. The van der Waals surface area contributed by atoms with E-state index >= 15 is 0 Å². The monoisotopic (exact) mass is 140 g/mol. The van der Waals surface area contributed by atoms with Crippen molar-refractivity contribution >= 4 is 0 Å². The average Bonchev–Trinajstić information content (AvgIpc) is 2.05. The van der Waals surface area contributed by atoms with Crippen LogP contribution in [0.5, 0.6) is 0 Å². The SMILES string of the molecule is C1=CN2CCOCC2CN1. The quantitative estimate of drug-likeness (QED) is 0.502. The van der Waals surface area contributed by atoms with Crippen molar-refractivity contribution in [2.75, 3.05) is 26.3 Å². The topological polar surface area (TPSA) is 24.5 Å². The highest BCUT2D eigenvalue weighted by Gasteiger charge is 2.21. The van der Waals surface area contributed by atoms with Crippen molar-refractivity contribution in [3.63, 3.8) is 0 Å². The fraction of sp³-hybridized carbons (Fsp3) is 0.714. The minimum Gasteiger partial charge on any atom is -0.388 e. The van der Waals surface area contributed by atoms with Gasteiger partial charge >= 0.3 is 0 Å². The van der Waals surface area contributed by atoms with E-state index in [9.17, 15) is 0 Å². The second-order valence-electron chi connectivity index (χ2n) is 2.69. The molecule has 2 rings (SSSR count). The lowest BCUT2D eigenvalue weighted by atomic mass is 10.2. The van der Waals surface area contributed by atoms with E-state index < -0.39 is 0 Å². The summed E-state index contributed by atoms with van der Waals surface area (Å²) in [5.41, 5.74) is 0. The number of hydrogen-bond donors (Lipinski definition) is 1. The van der Waals surface area contributed by atoms with Crippen molar-refractivity contribution in [3.8, 4) is 0 Å². The van der Waals surface area contributed by atoms with Gasteiger partial charge in [-0.05, 0) is 0 Å². The summed E-state index contributed by atoms with van der Waals surface area (Å²) < 4.78 is 5.32. The Morgan fingerprint density at radius 3 is 3.50 bits per heavy atom. The van der Waals surface area contributed by atoms with Gasteiger partial charge in [-0.25, -0.2) is 0 Å². The molecule has 3 nitrogen and oxygen atoms in total. The van der Waals surface area contributed by atoms with Gasteiger partial charge in [0, 0.05) is 25.5 Å². The molecule has 0 aromatic carbocycles. The molecule has 1 N–H and O–H groups in total. The van der Waals surface area contributed by atoms with E-state index in [2.05, 4.69) is 16.4 Å². The molecule has 0 saturated carbocycles. The molecule has 10 heavy (non-hydrogen) atoms. The lowest BCUT2D eigenvalue weighted by Gasteiger charge is -2.37. The average molecular weight is 140 g/mol. The molecule has 2 heterocycles. The fourth-order valence-corrected chi connectivity index (χ4v) is 1.39. The van der Waals surface area contributed by atoms with Gasteiger partial charge in [-0.15, -0.1) is 0 Å². The summed E-state index contributed by atoms with van der Waals surface area (Å²) in [6.07, 6.45) is 4.11. The van der Waals surface area contributed by atoms with E-state index in [1.54, 1.807) is 0 Å². The zero-order valence-electron chi connectivity index (χ0n) is 5.92. The highest BCUT2D eigenvalue weighted by atomic mass is 16.5. The first-order valence-corrected chi connectivity index (χ1v) is 3.70. The van der Waals surface area contributed by atoms with Crippen LogP contribution in [-0.4, -0.2) is 37.2 Å². The van der Waals surface area contributed by atoms with Gasteiger partial charge in [0.05, 0.1) is 19.3 Å². The van der Waals surface area contributed by atoms with Gasteiger partial charge < -0.3 is 15.0 Å². The zero-order valence-corrected chi connectivity index (χ0v) is 5.92. The lowest BCUT2D eigenvalue weighted by molar-refractivity contribution is 0.0139. The lowest BCUT2D eigenvalue weighted by Crippen LogP contribution is -2.49. The maximum atomic E-state index is 5.32. The predicted molar refractivity (Wildman–Crippen MR) is 38.5 cm³/mol. The van der Waals surface area contributed by atoms with E-state index in [4.69, 9.17) is 4.74 Å². The second-order valence-corrected chi connectivity index (χ2v) is 2.69. The van der Waals surface area contributed by atoms with Crippen LogP contribution < -0.4 is 5.32 Å². The van der Waals surface area contributed by atoms with Crippen LogP contribution in [0.15, 0.2) is 12.4 Å². The van der Waals surface area contributed by atoms with Crippen LogP contribution in [0.1, 0.15) is 0 Å². The summed E-state index contributed by atoms with van der Waals surface area (Å²) >= 11 is 0. The van der Waals surface area contributed by atoms with Crippen molar-refractivity contribution < 1.29 is 4.74 Å². The molecule has 56 valence electrons. The van der Waals surface area contributed by atoms with Gasteiger partial charge in [-0.2, -0.15) is 0 Å². The highest BCUT2D eigenvalue weighted by Crippen LogP contribution is 2.08. The molecule has 0 spiro atoms. The molecule has 2 aliphatic heterocycles. The van der Waals surface area contributed by atoms with Gasteiger partial charge in [-0.1, -0.05) is 0 Å². The molecule has 0 amide bonds. The first-order valence-electron chi connectivity index (χ1n) is 3.70. The maximum absolute atomic E-state index is 5.32. The van der Waals surface area contributed by atoms with Crippen molar-refractivity contribution in [2.24, 2.45) is 0 Å². The van der Waals surface area contributed by atoms with Gasteiger partial charge in [0.1, 0.15) is 0 Å². The smallest absolute Gasteiger partial charge is 0.0691 e. The minimum atomic E-state index is 0.568. The Bertz CT molecular complexity index is 147. The van der Waals surface area contributed by atoms with Crippen LogP contribution in [0.3, 0.4) is 0 Å². The van der Waals surface area contributed by atoms with Crippen LogP contribution >= 0.6 is 0 Å². The summed E-state index contributed by atoms with van der Waals surface area (Å²) in [5, 5.41) is 3.18. The number of rotatable bonds is 0. The van der Waals surface area contributed by atoms with Crippen LogP contribution in [0, 0.1) is 0 Å². The summed E-state index contributed by atoms with van der Waals surface area (Å²) in [6, 6.07) is 0.568. The van der Waals surface area contributed by atoms with Gasteiger partial charge in [0.2, 0.25) is 0 Å². The molecule has 1 saturated heterocycles. The Balaban J connectivity index is 2.03. The molecule has 0 radical (unpaired) electrons. The highest BCUT2D eigenvalue weighted by molar-refractivity contribution is 4.94. The van der Waals surface area contributed by atoms with E-state index in [1.807, 2.05) is 6.20 Å². The molecular formula is C7H12N2O. The van der Waals surface area contributed by atoms with Crippen molar-refractivity contribution in [1.82, 2.24) is 10.2 Å². The fourth-order valence-electron chi connectivity index (χ4n) is 1.39. The molecule has 0 aliphatic carbocycles. The molecule has 3 heteroatoms. The van der Waals surface area contributed by atoms with Gasteiger partial charge in [0.25, 0.3) is 0 Å². The third-order valence-electron chi connectivity index (χ3n) is 2.01. The van der Waals surface area contributed by atoms with Crippen molar-refractivity contribution in [1.29, 1.82) is 0 Å². The largest absolute Gasteiger partial charge is 0.388 e. The van der Waals surface area contributed by atoms with Crippen molar-refractivity contribution in [2.45, 2.75) is 6.04 Å². The summed E-state index contributed by atoms with van der Waals surface area (Å²) in [4.78, 5) is 2.33. The zero-order chi connectivity index (χ0) is 6.81. The van der Waals surface area contributed by atoms with Gasteiger partial charge in [-0.3, -0.25) is 0 Å². The number of morpholine rings is 1. The number of nitrogens with zero attached hydrogens (tertiary/aromatic N) is 1. The number of ether oxygens (including phenoxy) is 1. The summed E-state index contributed by atoms with van der Waals surface area (Å²) in [7, 11) is 0. The number of hydrogen-bond acceptors (Lipinski definition) is 3. The third-order valence-corrected chi connectivity index (χ3v) is 2.01. The van der Waals surface area contributed by atoms with Crippen LogP contribution in [0.2, 0.25) is 0 Å². The Labute approximate surface area is 60.7 Å². The molecule has 1 atom stereocenters. The second kappa shape index (κ2) is 2.50. The molecule has 2 aliphatic rings. The predicted octanol–water partition coefficient (Wildman–Crippen LogP) is -0.238. The number of nitrogens with one attached hydrogen (secondary N) is 1. The normalized spacial score (nSPS) is 31.2. The Kier molecular flexibility index (Phi) is 1.51. The molecule has 0 bridgehead atoms. The first kappa shape index (κ1) is 6.04.